The summed E-state index contributed by atoms with van der Waals surface area (Å²) < 4.78 is 0. The second-order valence-electron chi connectivity index (χ2n) is 6.58. The van der Waals surface area contributed by atoms with Gasteiger partial charge in [-0.05, 0) is 37.2 Å². The summed E-state index contributed by atoms with van der Waals surface area (Å²) >= 11 is 0. The van der Waals surface area contributed by atoms with E-state index in [0.717, 1.165) is 12.8 Å². The van der Waals surface area contributed by atoms with E-state index in [-0.39, 0.29) is 12.1 Å². The van der Waals surface area contributed by atoms with Gasteiger partial charge in [-0.3, -0.25) is 0 Å². The van der Waals surface area contributed by atoms with Crippen LogP contribution in [-0.4, -0.2) is 24.0 Å². The molecular weight excluding hydrogens is 260 g/mol. The molecule has 2 saturated carbocycles. The highest BCUT2D eigenvalue weighted by Crippen LogP contribution is 2.41. The molecule has 0 heterocycles. The maximum Gasteiger partial charge on any atom is 0.317 e. The van der Waals surface area contributed by atoms with E-state index in [0.29, 0.717) is 12.0 Å². The van der Waals surface area contributed by atoms with Crippen molar-refractivity contribution in [2.45, 2.75) is 57.0 Å². The van der Waals surface area contributed by atoms with Crippen molar-refractivity contribution in [3.8, 4) is 0 Å². The lowest BCUT2D eigenvalue weighted by molar-refractivity contribution is 0.169. The Morgan fingerprint density at radius 2 is 1.76 bits per heavy atom. The van der Waals surface area contributed by atoms with Gasteiger partial charge in [0.25, 0.3) is 0 Å². The number of urea groups is 1. The van der Waals surface area contributed by atoms with Crippen LogP contribution in [0.5, 0.6) is 0 Å². The van der Waals surface area contributed by atoms with Crippen LogP contribution >= 0.6 is 0 Å². The number of benzene rings is 1. The minimum Gasteiger partial charge on any atom is -0.331 e. The molecule has 1 aromatic rings. The molecule has 21 heavy (non-hydrogen) atoms. The first-order valence-corrected chi connectivity index (χ1v) is 8.34. The molecule has 2 fully saturated rings. The van der Waals surface area contributed by atoms with Crippen LogP contribution in [0.25, 0.3) is 0 Å². The summed E-state index contributed by atoms with van der Waals surface area (Å²) in [5.74, 6) is 0.621. The standard InChI is InChI=1S/C18H26N2O/c1-20(16-10-6-3-7-11-16)18(21)19-17(15-12-13-15)14-8-4-2-5-9-14/h2,4-5,8-9,15-17H,3,6-7,10-13H2,1H3,(H,19,21). The van der Waals surface area contributed by atoms with Crippen molar-refractivity contribution in [1.82, 2.24) is 10.2 Å². The van der Waals surface area contributed by atoms with Crippen molar-refractivity contribution < 1.29 is 4.79 Å². The second-order valence-corrected chi connectivity index (χ2v) is 6.58. The molecule has 1 N–H and O–H groups in total. The van der Waals surface area contributed by atoms with Crippen LogP contribution in [0, 0.1) is 5.92 Å². The number of carbonyl (C=O) groups excluding carboxylic acids is 1. The molecule has 0 radical (unpaired) electrons. The normalized spacial score (nSPS) is 20.8. The summed E-state index contributed by atoms with van der Waals surface area (Å²) in [6.45, 7) is 0. The van der Waals surface area contributed by atoms with Crippen molar-refractivity contribution in [3.63, 3.8) is 0 Å². The molecule has 0 spiro atoms. The zero-order chi connectivity index (χ0) is 14.7. The highest BCUT2D eigenvalue weighted by atomic mass is 16.2. The van der Waals surface area contributed by atoms with Crippen LogP contribution in [0.4, 0.5) is 4.79 Å². The first kappa shape index (κ1) is 14.4. The Kier molecular flexibility index (Phi) is 4.47. The largest absolute Gasteiger partial charge is 0.331 e. The first-order valence-electron chi connectivity index (χ1n) is 8.34. The van der Waals surface area contributed by atoms with E-state index in [1.165, 1.54) is 37.7 Å². The first-order chi connectivity index (χ1) is 10.3. The Balaban J connectivity index is 1.64. The van der Waals surface area contributed by atoms with Crippen molar-refractivity contribution in [2.24, 2.45) is 5.92 Å². The van der Waals surface area contributed by atoms with Crippen molar-refractivity contribution in [1.29, 1.82) is 0 Å². The third kappa shape index (κ3) is 3.58. The highest BCUT2D eigenvalue weighted by molar-refractivity contribution is 5.75. The molecule has 3 rings (SSSR count). The lowest BCUT2D eigenvalue weighted by Gasteiger charge is -2.32. The molecule has 114 valence electrons. The van der Waals surface area contributed by atoms with E-state index in [4.69, 9.17) is 0 Å². The van der Waals surface area contributed by atoms with Crippen LogP contribution in [0.2, 0.25) is 0 Å². The lowest BCUT2D eigenvalue weighted by Crippen LogP contribution is -2.45. The molecule has 0 aromatic heterocycles. The SMILES string of the molecule is CN(C(=O)NC(c1ccccc1)C1CC1)C1CCCCC1. The minimum absolute atomic E-state index is 0.0997. The Hall–Kier alpha value is -1.51. The van der Waals surface area contributed by atoms with Gasteiger partial charge in [-0.2, -0.15) is 0 Å². The Morgan fingerprint density at radius 1 is 1.10 bits per heavy atom. The third-order valence-electron chi connectivity index (χ3n) is 4.97. The lowest BCUT2D eigenvalue weighted by atomic mass is 9.94. The minimum atomic E-state index is 0.0997. The van der Waals surface area contributed by atoms with Gasteiger partial charge in [0.2, 0.25) is 0 Å². The predicted molar refractivity (Wildman–Crippen MR) is 85.1 cm³/mol. The van der Waals surface area contributed by atoms with Gasteiger partial charge in [-0.15, -0.1) is 0 Å². The second kappa shape index (κ2) is 6.50. The fourth-order valence-corrected chi connectivity index (χ4v) is 3.43. The van der Waals surface area contributed by atoms with Gasteiger partial charge in [0.05, 0.1) is 6.04 Å². The summed E-state index contributed by atoms with van der Waals surface area (Å²) in [5, 5.41) is 3.28. The van der Waals surface area contributed by atoms with Crippen molar-refractivity contribution >= 4 is 6.03 Å². The van der Waals surface area contributed by atoms with Gasteiger partial charge in [0, 0.05) is 13.1 Å². The van der Waals surface area contributed by atoms with Crippen molar-refractivity contribution in [3.05, 3.63) is 35.9 Å². The van der Waals surface area contributed by atoms with E-state index in [1.54, 1.807) is 0 Å². The van der Waals surface area contributed by atoms with Gasteiger partial charge in [0.15, 0.2) is 0 Å². The third-order valence-corrected chi connectivity index (χ3v) is 4.97. The molecule has 0 bridgehead atoms. The summed E-state index contributed by atoms with van der Waals surface area (Å²) in [5.41, 5.74) is 1.24. The summed E-state index contributed by atoms with van der Waals surface area (Å²) in [6.07, 6.45) is 8.60. The molecule has 3 nitrogen and oxygen atoms in total. The van der Waals surface area contributed by atoms with Gasteiger partial charge in [0.1, 0.15) is 0 Å². The van der Waals surface area contributed by atoms with E-state index >= 15 is 0 Å². The highest BCUT2D eigenvalue weighted by Gasteiger charge is 2.34. The molecule has 1 atom stereocenters. The van der Waals surface area contributed by atoms with Gasteiger partial charge in [-0.1, -0.05) is 49.6 Å². The molecule has 0 aliphatic heterocycles. The van der Waals surface area contributed by atoms with E-state index in [2.05, 4.69) is 29.6 Å². The van der Waals surface area contributed by atoms with Crippen LogP contribution < -0.4 is 5.32 Å². The van der Waals surface area contributed by atoms with Crippen LogP contribution in [0.1, 0.15) is 56.6 Å². The average molecular weight is 286 g/mol. The van der Waals surface area contributed by atoms with Gasteiger partial charge in [-0.25, -0.2) is 4.79 Å². The number of hydrogen-bond acceptors (Lipinski definition) is 1. The zero-order valence-electron chi connectivity index (χ0n) is 12.9. The summed E-state index contributed by atoms with van der Waals surface area (Å²) in [6, 6.07) is 11.1. The molecule has 0 saturated heterocycles. The quantitative estimate of drug-likeness (QED) is 0.887. The molecular formula is C18H26N2O. The molecule has 2 aliphatic carbocycles. The molecule has 1 aromatic carbocycles. The smallest absolute Gasteiger partial charge is 0.317 e. The fraction of sp³-hybridized carbons (Fsp3) is 0.611. The van der Waals surface area contributed by atoms with E-state index in [9.17, 15) is 4.79 Å². The number of nitrogens with zero attached hydrogens (tertiary/aromatic N) is 1. The molecule has 2 aliphatic rings. The maximum absolute atomic E-state index is 12.6. The average Bonchev–Trinajstić information content (AvgIpc) is 3.38. The number of rotatable bonds is 4. The summed E-state index contributed by atoms with van der Waals surface area (Å²) in [7, 11) is 1.96. The zero-order valence-corrected chi connectivity index (χ0v) is 12.9. The van der Waals surface area contributed by atoms with Crippen LogP contribution in [-0.2, 0) is 0 Å². The van der Waals surface area contributed by atoms with Gasteiger partial charge >= 0.3 is 6.03 Å². The number of amides is 2. The van der Waals surface area contributed by atoms with Crippen LogP contribution in [0.3, 0.4) is 0 Å². The molecule has 2 amide bonds. The maximum atomic E-state index is 12.6. The monoisotopic (exact) mass is 286 g/mol. The summed E-state index contributed by atoms with van der Waals surface area (Å²) in [4.78, 5) is 14.5. The van der Waals surface area contributed by atoms with E-state index < -0.39 is 0 Å². The Morgan fingerprint density at radius 3 is 2.38 bits per heavy atom. The topological polar surface area (TPSA) is 32.3 Å². The van der Waals surface area contributed by atoms with Gasteiger partial charge < -0.3 is 10.2 Å². The molecule has 3 heteroatoms. The van der Waals surface area contributed by atoms with Crippen molar-refractivity contribution in [2.75, 3.05) is 7.05 Å². The van der Waals surface area contributed by atoms with E-state index in [1.807, 2.05) is 18.0 Å². The number of hydrogen-bond donors (Lipinski definition) is 1. The fourth-order valence-electron chi connectivity index (χ4n) is 3.43. The number of nitrogens with one attached hydrogen (secondary N) is 1. The van der Waals surface area contributed by atoms with Crippen LogP contribution in [0.15, 0.2) is 30.3 Å². The molecule has 1 unspecified atom stereocenters. The Bertz CT molecular complexity index is 463. The Labute approximate surface area is 127 Å². The predicted octanol–water partition coefficient (Wildman–Crippen LogP) is 4.11. The number of carbonyl (C=O) groups is 1.